The van der Waals surface area contributed by atoms with Gasteiger partial charge in [-0.2, -0.15) is 4.31 Å². The summed E-state index contributed by atoms with van der Waals surface area (Å²) in [6.07, 6.45) is 6.33. The number of aryl methyl sites for hydroxylation is 1. The SMILES string of the molecule is CC(=O)Nc1c(C)noc1/C=C/c1ccc(S(=O)(=O)N2CCCCC2)s1. The van der Waals surface area contributed by atoms with Crippen molar-refractivity contribution < 1.29 is 17.7 Å². The highest BCUT2D eigenvalue weighted by Crippen LogP contribution is 2.29. The van der Waals surface area contributed by atoms with Crippen LogP contribution in [0.1, 0.15) is 42.5 Å². The molecule has 1 fully saturated rings. The first-order valence-corrected chi connectivity index (χ1v) is 10.7. The van der Waals surface area contributed by atoms with Crippen LogP contribution >= 0.6 is 11.3 Å². The van der Waals surface area contributed by atoms with Crippen LogP contribution in [0.3, 0.4) is 0 Å². The van der Waals surface area contributed by atoms with Crippen molar-refractivity contribution in [1.29, 1.82) is 0 Å². The Morgan fingerprint density at radius 3 is 2.69 bits per heavy atom. The molecule has 0 radical (unpaired) electrons. The molecule has 0 saturated carbocycles. The fraction of sp³-hybridized carbons (Fsp3) is 0.412. The maximum absolute atomic E-state index is 12.7. The minimum atomic E-state index is -3.42. The van der Waals surface area contributed by atoms with Crippen LogP contribution in [0.5, 0.6) is 0 Å². The molecule has 0 aromatic carbocycles. The number of nitrogens with zero attached hydrogens (tertiary/aromatic N) is 2. The van der Waals surface area contributed by atoms with Crippen molar-refractivity contribution in [3.63, 3.8) is 0 Å². The van der Waals surface area contributed by atoms with Gasteiger partial charge in [-0.25, -0.2) is 8.42 Å². The second kappa shape index (κ2) is 7.73. The molecule has 1 amide bonds. The molecule has 0 spiro atoms. The average Bonchev–Trinajstić information content (AvgIpc) is 3.22. The van der Waals surface area contributed by atoms with Crippen molar-refractivity contribution in [3.8, 4) is 0 Å². The second-order valence-corrected chi connectivity index (χ2v) is 9.42. The molecule has 1 saturated heterocycles. The molecule has 2 aromatic rings. The minimum Gasteiger partial charge on any atom is -0.354 e. The number of piperidine rings is 1. The molecule has 1 aliphatic rings. The zero-order valence-electron chi connectivity index (χ0n) is 14.7. The summed E-state index contributed by atoms with van der Waals surface area (Å²) in [5, 5.41) is 6.53. The third-order valence-corrected chi connectivity index (χ3v) is 7.52. The molecule has 0 aliphatic carbocycles. The highest BCUT2D eigenvalue weighted by molar-refractivity contribution is 7.91. The van der Waals surface area contributed by atoms with Gasteiger partial charge in [-0.3, -0.25) is 4.79 Å². The summed E-state index contributed by atoms with van der Waals surface area (Å²) in [7, 11) is -3.42. The van der Waals surface area contributed by atoms with Crippen LogP contribution < -0.4 is 5.32 Å². The lowest BCUT2D eigenvalue weighted by Crippen LogP contribution is -2.35. The molecular formula is C17H21N3O4S2. The molecule has 1 aliphatic heterocycles. The number of hydrogen-bond acceptors (Lipinski definition) is 6. The lowest BCUT2D eigenvalue weighted by atomic mass is 10.2. The molecule has 7 nitrogen and oxygen atoms in total. The number of sulfonamides is 1. The Bertz CT molecular complexity index is 922. The summed E-state index contributed by atoms with van der Waals surface area (Å²) in [4.78, 5) is 12.1. The largest absolute Gasteiger partial charge is 0.354 e. The Balaban J connectivity index is 1.78. The van der Waals surface area contributed by atoms with Crippen molar-refractivity contribution in [3.05, 3.63) is 28.5 Å². The average molecular weight is 396 g/mol. The molecule has 140 valence electrons. The molecule has 0 bridgehead atoms. The smallest absolute Gasteiger partial charge is 0.252 e. The van der Waals surface area contributed by atoms with Gasteiger partial charge in [-0.05, 0) is 44.1 Å². The monoisotopic (exact) mass is 395 g/mol. The van der Waals surface area contributed by atoms with Gasteiger partial charge in [-0.1, -0.05) is 11.6 Å². The van der Waals surface area contributed by atoms with Gasteiger partial charge in [0, 0.05) is 24.9 Å². The summed E-state index contributed by atoms with van der Waals surface area (Å²) >= 11 is 1.21. The van der Waals surface area contributed by atoms with Gasteiger partial charge in [0.2, 0.25) is 5.91 Å². The first kappa shape index (κ1) is 18.8. The van der Waals surface area contributed by atoms with Crippen molar-refractivity contribution >= 4 is 45.1 Å². The molecule has 3 rings (SSSR count). The van der Waals surface area contributed by atoms with Crippen LogP contribution in [-0.2, 0) is 14.8 Å². The Kier molecular flexibility index (Phi) is 5.59. The molecule has 9 heteroatoms. The van der Waals surface area contributed by atoms with Crippen molar-refractivity contribution in [2.45, 2.75) is 37.3 Å². The van der Waals surface area contributed by atoms with E-state index in [1.807, 2.05) is 0 Å². The number of hydrogen-bond donors (Lipinski definition) is 1. The normalized spacial score (nSPS) is 16.2. The number of carbonyl (C=O) groups excluding carboxylic acids is 1. The lowest BCUT2D eigenvalue weighted by molar-refractivity contribution is -0.114. The summed E-state index contributed by atoms with van der Waals surface area (Å²) in [5.41, 5.74) is 1.10. The van der Waals surface area contributed by atoms with Crippen LogP contribution in [-0.4, -0.2) is 36.9 Å². The Labute approximate surface area is 156 Å². The molecule has 26 heavy (non-hydrogen) atoms. The van der Waals surface area contributed by atoms with E-state index in [9.17, 15) is 13.2 Å². The third kappa shape index (κ3) is 4.05. The highest BCUT2D eigenvalue weighted by Gasteiger charge is 2.27. The first-order valence-electron chi connectivity index (χ1n) is 8.40. The van der Waals surface area contributed by atoms with E-state index in [4.69, 9.17) is 4.52 Å². The highest BCUT2D eigenvalue weighted by atomic mass is 32.2. The Hall–Kier alpha value is -1.97. The first-order chi connectivity index (χ1) is 12.4. The standard InChI is InChI=1S/C17H21N3O4S2/c1-12-17(18-13(2)21)15(24-19-12)8-6-14-7-9-16(25-14)26(22,23)20-10-4-3-5-11-20/h6-9H,3-5,10-11H2,1-2H3,(H,18,21)/b8-6+. The zero-order chi connectivity index (χ0) is 18.7. The fourth-order valence-electron chi connectivity index (χ4n) is 2.78. The molecule has 3 heterocycles. The molecule has 0 atom stereocenters. The van der Waals surface area contributed by atoms with Gasteiger partial charge in [0.1, 0.15) is 15.6 Å². The summed E-state index contributed by atoms with van der Waals surface area (Å²) in [6.45, 7) is 4.32. The fourth-order valence-corrected chi connectivity index (χ4v) is 5.68. The summed E-state index contributed by atoms with van der Waals surface area (Å²) in [5.74, 6) is 0.212. The van der Waals surface area contributed by atoms with Crippen LogP contribution in [0.4, 0.5) is 5.69 Å². The second-order valence-electron chi connectivity index (χ2n) is 6.14. The van der Waals surface area contributed by atoms with Gasteiger partial charge >= 0.3 is 0 Å². The van der Waals surface area contributed by atoms with E-state index >= 15 is 0 Å². The van der Waals surface area contributed by atoms with Gasteiger partial charge < -0.3 is 9.84 Å². The minimum absolute atomic E-state index is 0.211. The van der Waals surface area contributed by atoms with E-state index in [0.29, 0.717) is 34.4 Å². The van der Waals surface area contributed by atoms with E-state index < -0.39 is 10.0 Å². The van der Waals surface area contributed by atoms with Gasteiger partial charge in [-0.15, -0.1) is 11.3 Å². The quantitative estimate of drug-likeness (QED) is 0.838. The molecule has 2 aromatic heterocycles. The van der Waals surface area contributed by atoms with Crippen LogP contribution in [0.25, 0.3) is 12.2 Å². The summed E-state index contributed by atoms with van der Waals surface area (Å²) < 4.78 is 32.5. The van der Waals surface area contributed by atoms with Crippen LogP contribution in [0.15, 0.2) is 20.9 Å². The van der Waals surface area contributed by atoms with E-state index in [0.717, 1.165) is 24.1 Å². The Morgan fingerprint density at radius 2 is 2.00 bits per heavy atom. The maximum Gasteiger partial charge on any atom is 0.252 e. The number of amides is 1. The Morgan fingerprint density at radius 1 is 1.27 bits per heavy atom. The van der Waals surface area contributed by atoms with Crippen LogP contribution in [0.2, 0.25) is 0 Å². The summed E-state index contributed by atoms with van der Waals surface area (Å²) in [6, 6.07) is 3.40. The van der Waals surface area contributed by atoms with E-state index in [1.165, 1.54) is 18.3 Å². The topological polar surface area (TPSA) is 92.5 Å². The van der Waals surface area contributed by atoms with Gasteiger partial charge in [0.15, 0.2) is 5.76 Å². The van der Waals surface area contributed by atoms with Crippen molar-refractivity contribution in [1.82, 2.24) is 9.46 Å². The predicted octanol–water partition coefficient (Wildman–Crippen LogP) is 3.35. The maximum atomic E-state index is 12.7. The zero-order valence-corrected chi connectivity index (χ0v) is 16.3. The van der Waals surface area contributed by atoms with Crippen molar-refractivity contribution in [2.24, 2.45) is 0 Å². The molecule has 1 N–H and O–H groups in total. The number of anilines is 1. The number of carbonyl (C=O) groups is 1. The molecular weight excluding hydrogens is 374 g/mol. The lowest BCUT2D eigenvalue weighted by Gasteiger charge is -2.25. The number of thiophene rings is 1. The van der Waals surface area contributed by atoms with E-state index in [-0.39, 0.29) is 5.91 Å². The third-order valence-electron chi connectivity index (χ3n) is 4.10. The van der Waals surface area contributed by atoms with Crippen LogP contribution in [0, 0.1) is 6.92 Å². The number of nitrogens with one attached hydrogen (secondary N) is 1. The van der Waals surface area contributed by atoms with E-state index in [1.54, 1.807) is 35.5 Å². The van der Waals surface area contributed by atoms with Crippen molar-refractivity contribution in [2.75, 3.05) is 18.4 Å². The number of rotatable bonds is 5. The van der Waals surface area contributed by atoms with Gasteiger partial charge in [0.25, 0.3) is 10.0 Å². The molecule has 0 unspecified atom stereocenters. The van der Waals surface area contributed by atoms with E-state index in [2.05, 4.69) is 10.5 Å². The number of aromatic nitrogens is 1. The predicted molar refractivity (Wildman–Crippen MR) is 101 cm³/mol. The van der Waals surface area contributed by atoms with Gasteiger partial charge in [0.05, 0.1) is 0 Å².